The van der Waals surface area contributed by atoms with E-state index in [4.69, 9.17) is 4.74 Å². The molecule has 0 saturated carbocycles. The van der Waals surface area contributed by atoms with E-state index in [1.54, 1.807) is 6.20 Å². The lowest BCUT2D eigenvalue weighted by atomic mass is 9.91. The maximum atomic E-state index is 12.2. The van der Waals surface area contributed by atoms with Gasteiger partial charge in [-0.15, -0.1) is 0 Å². The monoisotopic (exact) mass is 271 g/mol. The first kappa shape index (κ1) is 14.5. The van der Waals surface area contributed by atoms with Gasteiger partial charge >= 0.3 is 5.97 Å². The van der Waals surface area contributed by atoms with Gasteiger partial charge in [-0.3, -0.25) is 4.98 Å². The SMILES string of the molecule is COC(=O)C1=C(C(C)C)CC=C1c1c(C)ccnc1C. The van der Waals surface area contributed by atoms with Gasteiger partial charge in [-0.2, -0.15) is 0 Å². The van der Waals surface area contributed by atoms with Gasteiger partial charge in [0.2, 0.25) is 0 Å². The number of ether oxygens (including phenoxy) is 1. The van der Waals surface area contributed by atoms with Gasteiger partial charge in [0.05, 0.1) is 12.7 Å². The normalized spacial score (nSPS) is 14.8. The molecule has 0 amide bonds. The van der Waals surface area contributed by atoms with E-state index in [0.29, 0.717) is 5.92 Å². The van der Waals surface area contributed by atoms with Crippen LogP contribution in [0.4, 0.5) is 0 Å². The lowest BCUT2D eigenvalue weighted by Gasteiger charge is -2.15. The molecule has 20 heavy (non-hydrogen) atoms. The van der Waals surface area contributed by atoms with Crippen LogP contribution < -0.4 is 0 Å². The summed E-state index contributed by atoms with van der Waals surface area (Å²) in [6.45, 7) is 8.24. The zero-order valence-electron chi connectivity index (χ0n) is 12.8. The van der Waals surface area contributed by atoms with Gasteiger partial charge in [-0.1, -0.05) is 19.9 Å². The average molecular weight is 271 g/mol. The highest BCUT2D eigenvalue weighted by molar-refractivity contribution is 6.09. The maximum absolute atomic E-state index is 12.2. The maximum Gasteiger partial charge on any atom is 0.338 e. The molecule has 0 bridgehead atoms. The van der Waals surface area contributed by atoms with E-state index >= 15 is 0 Å². The van der Waals surface area contributed by atoms with Gasteiger partial charge in [0.1, 0.15) is 0 Å². The van der Waals surface area contributed by atoms with E-state index in [1.165, 1.54) is 7.11 Å². The van der Waals surface area contributed by atoms with E-state index in [0.717, 1.165) is 40.0 Å². The van der Waals surface area contributed by atoms with Crippen LogP contribution in [0.15, 0.2) is 29.5 Å². The van der Waals surface area contributed by atoms with Crippen molar-refractivity contribution in [1.29, 1.82) is 0 Å². The van der Waals surface area contributed by atoms with Crippen molar-refractivity contribution in [3.63, 3.8) is 0 Å². The Labute approximate surface area is 120 Å². The number of aryl methyl sites for hydroxylation is 2. The summed E-state index contributed by atoms with van der Waals surface area (Å²) in [6, 6.07) is 1.98. The molecule has 3 nitrogen and oxygen atoms in total. The summed E-state index contributed by atoms with van der Waals surface area (Å²) in [6.07, 6.45) is 4.73. The van der Waals surface area contributed by atoms with Crippen LogP contribution in [0.3, 0.4) is 0 Å². The molecular formula is C17H21NO2. The van der Waals surface area contributed by atoms with Gasteiger partial charge in [0.25, 0.3) is 0 Å². The van der Waals surface area contributed by atoms with E-state index < -0.39 is 0 Å². The van der Waals surface area contributed by atoms with Crippen LogP contribution in [0.5, 0.6) is 0 Å². The summed E-state index contributed by atoms with van der Waals surface area (Å²) in [5.74, 6) is 0.0789. The van der Waals surface area contributed by atoms with Gasteiger partial charge in [-0.05, 0) is 49.0 Å². The molecule has 0 aliphatic heterocycles. The van der Waals surface area contributed by atoms with Crippen molar-refractivity contribution in [2.45, 2.75) is 34.1 Å². The fourth-order valence-electron chi connectivity index (χ4n) is 2.79. The summed E-state index contributed by atoms with van der Waals surface area (Å²) in [5.41, 5.74) is 5.99. The molecular weight excluding hydrogens is 250 g/mol. The predicted molar refractivity (Wildman–Crippen MR) is 80.2 cm³/mol. The number of nitrogens with zero attached hydrogens (tertiary/aromatic N) is 1. The molecule has 0 N–H and O–H groups in total. The van der Waals surface area contributed by atoms with Crippen LogP contribution in [-0.4, -0.2) is 18.1 Å². The molecule has 0 radical (unpaired) electrons. The second-order valence-electron chi connectivity index (χ2n) is 5.46. The van der Waals surface area contributed by atoms with E-state index in [-0.39, 0.29) is 5.97 Å². The molecule has 0 unspecified atom stereocenters. The minimum atomic E-state index is -0.250. The highest BCUT2D eigenvalue weighted by Gasteiger charge is 2.28. The number of allylic oxidation sites excluding steroid dienone is 2. The summed E-state index contributed by atoms with van der Waals surface area (Å²) < 4.78 is 4.99. The molecule has 0 spiro atoms. The molecule has 3 heteroatoms. The fraction of sp³-hybridized carbons (Fsp3) is 0.412. The Hall–Kier alpha value is -1.90. The molecule has 106 valence electrons. The number of hydrogen-bond acceptors (Lipinski definition) is 3. The smallest absolute Gasteiger partial charge is 0.338 e. The minimum absolute atomic E-state index is 0.250. The number of pyridine rings is 1. The van der Waals surface area contributed by atoms with Gasteiger partial charge in [0, 0.05) is 17.5 Å². The van der Waals surface area contributed by atoms with Crippen molar-refractivity contribution in [2.75, 3.05) is 7.11 Å². The minimum Gasteiger partial charge on any atom is -0.465 e. The summed E-state index contributed by atoms with van der Waals surface area (Å²) >= 11 is 0. The molecule has 2 rings (SSSR count). The van der Waals surface area contributed by atoms with Crippen molar-refractivity contribution in [1.82, 2.24) is 4.98 Å². The molecule has 1 heterocycles. The Bertz CT molecular complexity index is 589. The summed E-state index contributed by atoms with van der Waals surface area (Å²) in [5, 5.41) is 0. The molecule has 1 aliphatic carbocycles. The topological polar surface area (TPSA) is 39.2 Å². The largest absolute Gasteiger partial charge is 0.465 e. The predicted octanol–water partition coefficient (Wildman–Crippen LogP) is 3.61. The molecule has 0 atom stereocenters. The van der Waals surface area contributed by atoms with Crippen LogP contribution in [-0.2, 0) is 9.53 Å². The number of carbonyl (C=O) groups is 1. The molecule has 1 aliphatic rings. The van der Waals surface area contributed by atoms with Crippen LogP contribution in [0.25, 0.3) is 5.57 Å². The van der Waals surface area contributed by atoms with Crippen molar-refractivity contribution < 1.29 is 9.53 Å². The average Bonchev–Trinajstić information content (AvgIpc) is 2.82. The lowest BCUT2D eigenvalue weighted by Crippen LogP contribution is -2.10. The number of esters is 1. The third-order valence-electron chi connectivity index (χ3n) is 3.82. The quantitative estimate of drug-likeness (QED) is 0.788. The third-order valence-corrected chi connectivity index (χ3v) is 3.82. The first-order valence-electron chi connectivity index (χ1n) is 6.91. The summed E-state index contributed by atoms with van der Waals surface area (Å²) in [4.78, 5) is 16.6. The number of aromatic nitrogens is 1. The molecule has 0 saturated heterocycles. The van der Waals surface area contributed by atoms with Gasteiger partial charge in [0.15, 0.2) is 0 Å². The zero-order valence-corrected chi connectivity index (χ0v) is 12.8. The van der Waals surface area contributed by atoms with Gasteiger partial charge < -0.3 is 4.74 Å². The van der Waals surface area contributed by atoms with Crippen LogP contribution >= 0.6 is 0 Å². The van der Waals surface area contributed by atoms with Crippen LogP contribution in [0, 0.1) is 19.8 Å². The standard InChI is InChI=1S/C17H21NO2/c1-10(2)13-6-7-14(16(13)17(19)20-5)15-11(3)8-9-18-12(15)4/h7-10H,6H2,1-5H3. The van der Waals surface area contributed by atoms with E-state index in [9.17, 15) is 4.79 Å². The first-order chi connectivity index (χ1) is 9.47. The molecule has 1 aromatic heterocycles. The fourth-order valence-corrected chi connectivity index (χ4v) is 2.79. The number of methoxy groups -OCH3 is 1. The lowest BCUT2D eigenvalue weighted by molar-refractivity contribution is -0.135. The Morgan fingerprint density at radius 2 is 2.05 bits per heavy atom. The Balaban J connectivity index is 2.60. The highest BCUT2D eigenvalue weighted by Crippen LogP contribution is 2.39. The van der Waals surface area contributed by atoms with Crippen LogP contribution in [0.1, 0.15) is 37.1 Å². The molecule has 0 fully saturated rings. The van der Waals surface area contributed by atoms with Crippen molar-refractivity contribution >= 4 is 11.5 Å². The summed E-state index contributed by atoms with van der Waals surface area (Å²) in [7, 11) is 1.44. The van der Waals surface area contributed by atoms with E-state index in [1.807, 2.05) is 19.9 Å². The first-order valence-corrected chi connectivity index (χ1v) is 6.91. The highest BCUT2D eigenvalue weighted by atomic mass is 16.5. The second kappa shape index (κ2) is 5.61. The Kier molecular flexibility index (Phi) is 4.07. The Morgan fingerprint density at radius 3 is 2.60 bits per heavy atom. The number of rotatable bonds is 3. The third kappa shape index (κ3) is 2.40. The van der Waals surface area contributed by atoms with Crippen molar-refractivity contribution in [3.8, 4) is 0 Å². The van der Waals surface area contributed by atoms with Gasteiger partial charge in [-0.25, -0.2) is 4.79 Å². The van der Waals surface area contributed by atoms with E-state index in [2.05, 4.69) is 24.9 Å². The van der Waals surface area contributed by atoms with Crippen molar-refractivity contribution in [2.24, 2.45) is 5.92 Å². The Morgan fingerprint density at radius 1 is 1.35 bits per heavy atom. The molecule has 0 aromatic carbocycles. The second-order valence-corrected chi connectivity index (χ2v) is 5.46. The molecule has 1 aromatic rings. The van der Waals surface area contributed by atoms with Crippen LogP contribution in [0.2, 0.25) is 0 Å². The van der Waals surface area contributed by atoms with Crippen molar-refractivity contribution in [3.05, 3.63) is 46.3 Å². The zero-order chi connectivity index (χ0) is 14.9. The number of hydrogen-bond donors (Lipinski definition) is 0. The number of carbonyl (C=O) groups excluding carboxylic acids is 1.